The number of hydrogen-bond acceptors (Lipinski definition) is 3. The Morgan fingerprint density at radius 3 is 2.53 bits per heavy atom. The lowest BCUT2D eigenvalue weighted by atomic mass is 10.1. The Morgan fingerprint density at radius 1 is 1.32 bits per heavy atom. The van der Waals surface area contributed by atoms with Crippen LogP contribution in [0.25, 0.3) is 0 Å². The van der Waals surface area contributed by atoms with Crippen molar-refractivity contribution in [2.45, 2.75) is 52.7 Å². The maximum atomic E-state index is 11.6. The second kappa shape index (κ2) is 7.02. The second-order valence-corrected chi connectivity index (χ2v) is 5.26. The molecule has 106 valence electrons. The maximum Gasteiger partial charge on any atom is 0.220 e. The number of aryl methyl sites for hydroxylation is 1. The fourth-order valence-corrected chi connectivity index (χ4v) is 1.77. The number of hydrogen-bond donors (Lipinski definition) is 2. The number of anilines is 1. The average Bonchev–Trinajstić information content (AvgIpc) is 2.28. The van der Waals surface area contributed by atoms with E-state index in [1.165, 1.54) is 0 Å². The molecular weight excluding hydrogens is 240 g/mol. The van der Waals surface area contributed by atoms with Crippen LogP contribution < -0.4 is 15.8 Å². The van der Waals surface area contributed by atoms with Gasteiger partial charge in [0.05, 0.1) is 11.8 Å². The van der Waals surface area contributed by atoms with Crippen LogP contribution in [0.1, 0.15) is 39.7 Å². The number of ether oxygens (including phenoxy) is 1. The van der Waals surface area contributed by atoms with E-state index in [1.54, 1.807) is 0 Å². The van der Waals surface area contributed by atoms with Crippen molar-refractivity contribution >= 4 is 11.6 Å². The maximum absolute atomic E-state index is 11.6. The van der Waals surface area contributed by atoms with Crippen LogP contribution in [0.15, 0.2) is 18.2 Å². The van der Waals surface area contributed by atoms with Crippen LogP contribution in [0, 0.1) is 0 Å². The zero-order valence-corrected chi connectivity index (χ0v) is 12.2. The highest BCUT2D eigenvalue weighted by molar-refractivity contribution is 5.76. The van der Waals surface area contributed by atoms with Gasteiger partial charge in [0.25, 0.3) is 0 Å². The minimum atomic E-state index is 0.0658. The summed E-state index contributed by atoms with van der Waals surface area (Å²) in [5, 5.41) is 2.87. The normalized spacial score (nSPS) is 10.8. The summed E-state index contributed by atoms with van der Waals surface area (Å²) in [6.45, 7) is 7.83. The van der Waals surface area contributed by atoms with Gasteiger partial charge in [-0.15, -0.1) is 0 Å². The zero-order chi connectivity index (χ0) is 14.4. The molecule has 1 rings (SSSR count). The smallest absolute Gasteiger partial charge is 0.220 e. The number of carbonyl (C=O) groups is 1. The predicted octanol–water partition coefficient (Wildman–Crippen LogP) is 2.51. The van der Waals surface area contributed by atoms with Gasteiger partial charge in [0, 0.05) is 12.5 Å². The van der Waals surface area contributed by atoms with E-state index in [2.05, 4.69) is 5.32 Å². The highest BCUT2D eigenvalue weighted by Crippen LogP contribution is 2.24. The van der Waals surface area contributed by atoms with Gasteiger partial charge in [-0.05, 0) is 51.8 Å². The van der Waals surface area contributed by atoms with Crippen molar-refractivity contribution in [3.63, 3.8) is 0 Å². The molecule has 0 heterocycles. The number of rotatable bonds is 6. The second-order valence-electron chi connectivity index (χ2n) is 5.26. The zero-order valence-electron chi connectivity index (χ0n) is 12.2. The van der Waals surface area contributed by atoms with E-state index < -0.39 is 0 Å². The Hall–Kier alpha value is -1.71. The van der Waals surface area contributed by atoms with Crippen molar-refractivity contribution in [3.8, 4) is 5.75 Å². The van der Waals surface area contributed by atoms with Crippen LogP contribution in [-0.4, -0.2) is 18.1 Å². The lowest BCUT2D eigenvalue weighted by Crippen LogP contribution is -2.30. The first-order valence-corrected chi connectivity index (χ1v) is 6.73. The number of nitrogens with one attached hydrogen (secondary N) is 1. The van der Waals surface area contributed by atoms with Crippen molar-refractivity contribution in [1.29, 1.82) is 0 Å². The van der Waals surface area contributed by atoms with E-state index in [0.717, 1.165) is 5.56 Å². The molecule has 0 aromatic heterocycles. The summed E-state index contributed by atoms with van der Waals surface area (Å²) in [4.78, 5) is 11.6. The highest BCUT2D eigenvalue weighted by Gasteiger charge is 2.07. The van der Waals surface area contributed by atoms with Gasteiger partial charge in [-0.2, -0.15) is 0 Å². The molecule has 1 amide bonds. The van der Waals surface area contributed by atoms with Crippen LogP contribution in [-0.2, 0) is 11.2 Å². The van der Waals surface area contributed by atoms with E-state index in [4.69, 9.17) is 10.5 Å². The molecule has 0 saturated carbocycles. The SMILES string of the molecule is CC(C)NC(=O)CCc1ccc(OC(C)C)c(N)c1. The Balaban J connectivity index is 2.56. The highest BCUT2D eigenvalue weighted by atomic mass is 16.5. The quantitative estimate of drug-likeness (QED) is 0.776. The lowest BCUT2D eigenvalue weighted by molar-refractivity contribution is -0.121. The van der Waals surface area contributed by atoms with Crippen LogP contribution >= 0.6 is 0 Å². The Morgan fingerprint density at radius 2 is 2.00 bits per heavy atom. The molecule has 1 aromatic rings. The molecular formula is C15H24N2O2. The average molecular weight is 264 g/mol. The first-order valence-electron chi connectivity index (χ1n) is 6.73. The van der Waals surface area contributed by atoms with E-state index in [-0.39, 0.29) is 18.1 Å². The summed E-state index contributed by atoms with van der Waals surface area (Å²) in [7, 11) is 0. The lowest BCUT2D eigenvalue weighted by Gasteiger charge is -2.13. The third-order valence-electron chi connectivity index (χ3n) is 2.53. The summed E-state index contributed by atoms with van der Waals surface area (Å²) in [6, 6.07) is 5.88. The van der Waals surface area contributed by atoms with E-state index in [9.17, 15) is 4.79 Å². The van der Waals surface area contributed by atoms with Gasteiger partial charge in [0.15, 0.2) is 0 Å². The molecule has 0 aliphatic carbocycles. The molecule has 0 fully saturated rings. The van der Waals surface area contributed by atoms with Gasteiger partial charge >= 0.3 is 0 Å². The fourth-order valence-electron chi connectivity index (χ4n) is 1.77. The number of carbonyl (C=O) groups excluding carboxylic acids is 1. The van der Waals surface area contributed by atoms with E-state index in [0.29, 0.717) is 24.3 Å². The number of benzene rings is 1. The summed E-state index contributed by atoms with van der Waals surface area (Å²) in [5.74, 6) is 0.765. The number of nitrogens with two attached hydrogens (primary N) is 1. The van der Waals surface area contributed by atoms with Crippen LogP contribution in [0.4, 0.5) is 5.69 Å². The van der Waals surface area contributed by atoms with Crippen LogP contribution in [0.2, 0.25) is 0 Å². The molecule has 0 aliphatic rings. The minimum Gasteiger partial charge on any atom is -0.489 e. The third kappa shape index (κ3) is 5.64. The minimum absolute atomic E-state index is 0.0658. The monoisotopic (exact) mass is 264 g/mol. The van der Waals surface area contributed by atoms with Crippen molar-refractivity contribution in [2.24, 2.45) is 0 Å². The predicted molar refractivity (Wildman–Crippen MR) is 78.2 cm³/mol. The molecule has 3 N–H and O–H groups in total. The van der Waals surface area contributed by atoms with E-state index in [1.807, 2.05) is 45.9 Å². The van der Waals surface area contributed by atoms with Gasteiger partial charge in [-0.1, -0.05) is 6.07 Å². The Labute approximate surface area is 115 Å². The third-order valence-corrected chi connectivity index (χ3v) is 2.53. The molecule has 19 heavy (non-hydrogen) atoms. The molecule has 0 atom stereocenters. The van der Waals surface area contributed by atoms with Crippen molar-refractivity contribution in [3.05, 3.63) is 23.8 Å². The molecule has 0 spiro atoms. The van der Waals surface area contributed by atoms with Gasteiger partial charge in [-0.25, -0.2) is 0 Å². The summed E-state index contributed by atoms with van der Waals surface area (Å²) < 4.78 is 5.57. The Bertz CT molecular complexity index is 428. The Kier molecular flexibility index (Phi) is 5.67. The molecule has 0 radical (unpaired) electrons. The molecule has 0 unspecified atom stereocenters. The molecule has 1 aromatic carbocycles. The van der Waals surface area contributed by atoms with Gasteiger partial charge in [-0.3, -0.25) is 4.79 Å². The van der Waals surface area contributed by atoms with Crippen molar-refractivity contribution < 1.29 is 9.53 Å². The van der Waals surface area contributed by atoms with Crippen molar-refractivity contribution in [2.75, 3.05) is 5.73 Å². The number of nitrogen functional groups attached to an aromatic ring is 1. The first kappa shape index (κ1) is 15.3. The molecule has 0 saturated heterocycles. The summed E-state index contributed by atoms with van der Waals surface area (Å²) in [5.41, 5.74) is 7.60. The van der Waals surface area contributed by atoms with Gasteiger partial charge in [0.1, 0.15) is 5.75 Å². The number of amides is 1. The topological polar surface area (TPSA) is 64.3 Å². The molecule has 4 heteroatoms. The molecule has 4 nitrogen and oxygen atoms in total. The standard InChI is InChI=1S/C15H24N2O2/c1-10(2)17-15(18)8-6-12-5-7-14(13(16)9-12)19-11(3)4/h5,7,9-11H,6,8,16H2,1-4H3,(H,17,18). The summed E-state index contributed by atoms with van der Waals surface area (Å²) in [6.07, 6.45) is 1.26. The molecule has 0 aliphatic heterocycles. The van der Waals surface area contributed by atoms with E-state index >= 15 is 0 Å². The van der Waals surface area contributed by atoms with Gasteiger partial charge in [0.2, 0.25) is 5.91 Å². The summed E-state index contributed by atoms with van der Waals surface area (Å²) >= 11 is 0. The largest absolute Gasteiger partial charge is 0.489 e. The van der Waals surface area contributed by atoms with Crippen molar-refractivity contribution in [1.82, 2.24) is 5.32 Å². The molecule has 0 bridgehead atoms. The fraction of sp³-hybridized carbons (Fsp3) is 0.533. The van der Waals surface area contributed by atoms with Crippen LogP contribution in [0.3, 0.4) is 0 Å². The van der Waals surface area contributed by atoms with Gasteiger partial charge < -0.3 is 15.8 Å². The van der Waals surface area contributed by atoms with Crippen LogP contribution in [0.5, 0.6) is 5.75 Å². The first-order chi connectivity index (χ1) is 8.88.